The molecule has 0 spiro atoms. The van der Waals surface area contributed by atoms with Crippen LogP contribution in [0.25, 0.3) is 11.0 Å². The number of carbonyl (C=O) groups is 1. The number of ether oxygens (including phenoxy) is 3. The molecule has 1 saturated heterocycles. The number of nitrogens with two attached hydrogens (primary N) is 1. The maximum absolute atomic E-state index is 12.6. The lowest BCUT2D eigenvalue weighted by Gasteiger charge is -2.46. The summed E-state index contributed by atoms with van der Waals surface area (Å²) >= 11 is 0. The van der Waals surface area contributed by atoms with Crippen molar-refractivity contribution in [3.8, 4) is 5.75 Å². The molecule has 3 aromatic rings. The van der Waals surface area contributed by atoms with Gasteiger partial charge in [-0.3, -0.25) is 4.79 Å². The Balaban J connectivity index is 1.60. The summed E-state index contributed by atoms with van der Waals surface area (Å²) in [5, 5.41) is 24.1. The van der Waals surface area contributed by atoms with Crippen molar-refractivity contribution in [2.75, 3.05) is 18.2 Å². The van der Waals surface area contributed by atoms with E-state index >= 15 is 0 Å². The first-order valence-corrected chi connectivity index (χ1v) is 11.0. The van der Waals surface area contributed by atoms with Crippen LogP contribution < -0.4 is 21.4 Å². The molecule has 0 radical (unpaired) electrons. The zero-order valence-corrected chi connectivity index (χ0v) is 19.8. The summed E-state index contributed by atoms with van der Waals surface area (Å²) < 4.78 is 22.5. The van der Waals surface area contributed by atoms with Gasteiger partial charge in [0.15, 0.2) is 0 Å². The van der Waals surface area contributed by atoms with Crippen LogP contribution >= 0.6 is 0 Å². The second-order valence-corrected chi connectivity index (χ2v) is 8.98. The van der Waals surface area contributed by atoms with Gasteiger partial charge >= 0.3 is 5.63 Å². The Morgan fingerprint density at radius 1 is 1.14 bits per heavy atom. The van der Waals surface area contributed by atoms with Crippen molar-refractivity contribution >= 4 is 28.3 Å². The number of benzene rings is 2. The molecule has 1 amide bonds. The van der Waals surface area contributed by atoms with Crippen LogP contribution in [0.2, 0.25) is 0 Å². The zero-order valence-electron chi connectivity index (χ0n) is 19.8. The molecule has 4 atom stereocenters. The van der Waals surface area contributed by atoms with Crippen molar-refractivity contribution in [3.63, 3.8) is 0 Å². The van der Waals surface area contributed by atoms with Crippen molar-refractivity contribution in [1.82, 2.24) is 0 Å². The number of aliphatic hydroxyl groups excluding tert-OH is 2. The van der Waals surface area contributed by atoms with Gasteiger partial charge < -0.3 is 39.9 Å². The molecule has 1 aliphatic rings. The maximum Gasteiger partial charge on any atom is 0.360 e. The van der Waals surface area contributed by atoms with Gasteiger partial charge in [0.25, 0.3) is 5.91 Å². The van der Waals surface area contributed by atoms with Crippen LogP contribution in [0.4, 0.5) is 11.4 Å². The molecule has 2 aromatic carbocycles. The standard InChI is InChI=1S/C25H28N2O8/c1-12-17(33-24-19(29)18(28)21(32-4)25(2,3)35-24)9-8-13-11-16(23(31)34-20(12)13)27-22(30)14-6-5-7-15(26)10-14/h5-11,18-19,21,24,28-29H,26H2,1-4H3,(H,27,30)/t18-,19+,21+,24?/m0/s1. The number of rotatable bonds is 5. The Labute approximate surface area is 201 Å². The molecule has 0 aliphatic carbocycles. The number of aryl methyl sites for hydroxylation is 1. The van der Waals surface area contributed by atoms with E-state index in [2.05, 4.69) is 5.32 Å². The average Bonchev–Trinajstić information content (AvgIpc) is 2.80. The fraction of sp³-hybridized carbons (Fsp3) is 0.360. The Morgan fingerprint density at radius 3 is 2.57 bits per heavy atom. The molecule has 35 heavy (non-hydrogen) atoms. The Morgan fingerprint density at radius 2 is 1.89 bits per heavy atom. The van der Waals surface area contributed by atoms with Gasteiger partial charge in [-0.15, -0.1) is 0 Å². The minimum atomic E-state index is -1.38. The van der Waals surface area contributed by atoms with E-state index in [9.17, 15) is 19.8 Å². The second kappa shape index (κ2) is 9.31. The van der Waals surface area contributed by atoms with E-state index in [1.54, 1.807) is 51.1 Å². The van der Waals surface area contributed by atoms with Gasteiger partial charge in [-0.2, -0.15) is 0 Å². The first-order chi connectivity index (χ1) is 16.5. The number of nitrogen functional groups attached to an aromatic ring is 1. The highest BCUT2D eigenvalue weighted by Gasteiger charge is 2.50. The normalized spacial score (nSPS) is 23.7. The number of anilines is 2. The molecule has 0 saturated carbocycles. The van der Waals surface area contributed by atoms with Crippen LogP contribution in [-0.2, 0) is 9.47 Å². The number of hydrogen-bond acceptors (Lipinski definition) is 9. The highest BCUT2D eigenvalue weighted by Crippen LogP contribution is 2.35. The maximum atomic E-state index is 12.6. The minimum Gasteiger partial charge on any atom is -0.462 e. The lowest BCUT2D eigenvalue weighted by Crippen LogP contribution is -2.63. The van der Waals surface area contributed by atoms with Crippen molar-refractivity contribution < 1.29 is 33.6 Å². The fourth-order valence-corrected chi connectivity index (χ4v) is 4.22. The molecule has 10 heteroatoms. The lowest BCUT2D eigenvalue weighted by molar-refractivity contribution is -0.306. The highest BCUT2D eigenvalue weighted by atomic mass is 16.7. The molecule has 10 nitrogen and oxygen atoms in total. The van der Waals surface area contributed by atoms with Crippen LogP contribution in [0.15, 0.2) is 51.7 Å². The number of methoxy groups -OCH3 is 1. The van der Waals surface area contributed by atoms with Crippen LogP contribution in [0.1, 0.15) is 29.8 Å². The predicted octanol–water partition coefficient (Wildman–Crippen LogP) is 2.19. The van der Waals surface area contributed by atoms with Crippen LogP contribution in [0, 0.1) is 6.92 Å². The molecule has 4 rings (SSSR count). The molecular formula is C25H28N2O8. The first kappa shape index (κ1) is 24.7. The topological polar surface area (TPSA) is 153 Å². The van der Waals surface area contributed by atoms with E-state index in [-0.39, 0.29) is 11.3 Å². The van der Waals surface area contributed by atoms with E-state index in [4.69, 9.17) is 24.4 Å². The Hall–Kier alpha value is -3.44. The van der Waals surface area contributed by atoms with Gasteiger partial charge in [0, 0.05) is 29.3 Å². The number of amides is 1. The zero-order chi connectivity index (χ0) is 25.5. The molecule has 5 N–H and O–H groups in total. The smallest absolute Gasteiger partial charge is 0.360 e. The van der Waals surface area contributed by atoms with Gasteiger partial charge in [-0.25, -0.2) is 4.79 Å². The second-order valence-electron chi connectivity index (χ2n) is 8.98. The average molecular weight is 485 g/mol. The van der Waals surface area contributed by atoms with E-state index < -0.39 is 41.7 Å². The van der Waals surface area contributed by atoms with Crippen LogP contribution in [0.3, 0.4) is 0 Å². The molecule has 186 valence electrons. The quantitative estimate of drug-likeness (QED) is 0.315. The number of carbonyl (C=O) groups excluding carboxylic acids is 1. The third-order valence-electron chi connectivity index (χ3n) is 6.04. The van der Waals surface area contributed by atoms with Crippen molar-refractivity contribution in [3.05, 3.63) is 64.0 Å². The highest BCUT2D eigenvalue weighted by molar-refractivity contribution is 6.05. The van der Waals surface area contributed by atoms with Gasteiger partial charge in [0.1, 0.15) is 35.3 Å². The summed E-state index contributed by atoms with van der Waals surface area (Å²) in [6.07, 6.45) is -4.56. The molecule has 2 heterocycles. The monoisotopic (exact) mass is 484 g/mol. The minimum absolute atomic E-state index is 0.0282. The molecule has 0 bridgehead atoms. The molecule has 1 unspecified atom stereocenters. The van der Waals surface area contributed by atoms with Crippen molar-refractivity contribution in [2.45, 2.75) is 51.0 Å². The van der Waals surface area contributed by atoms with Gasteiger partial charge in [0.05, 0.1) is 5.60 Å². The van der Waals surface area contributed by atoms with Gasteiger partial charge in [0.2, 0.25) is 6.29 Å². The van der Waals surface area contributed by atoms with Crippen LogP contribution in [0.5, 0.6) is 5.75 Å². The molecule has 1 fully saturated rings. The van der Waals surface area contributed by atoms with E-state index in [1.807, 2.05) is 0 Å². The summed E-state index contributed by atoms with van der Waals surface area (Å²) in [6.45, 7) is 5.12. The summed E-state index contributed by atoms with van der Waals surface area (Å²) in [5.41, 5.74) is 5.45. The summed E-state index contributed by atoms with van der Waals surface area (Å²) in [7, 11) is 1.42. The van der Waals surface area contributed by atoms with E-state index in [0.29, 0.717) is 28.0 Å². The summed E-state index contributed by atoms with van der Waals surface area (Å²) in [5.74, 6) is -0.209. The predicted molar refractivity (Wildman–Crippen MR) is 128 cm³/mol. The molecule has 1 aromatic heterocycles. The van der Waals surface area contributed by atoms with Gasteiger partial charge in [-0.1, -0.05) is 6.07 Å². The fourth-order valence-electron chi connectivity index (χ4n) is 4.22. The third-order valence-corrected chi connectivity index (χ3v) is 6.04. The first-order valence-electron chi connectivity index (χ1n) is 11.0. The number of fused-ring (bicyclic) bond motifs is 1. The lowest BCUT2D eigenvalue weighted by atomic mass is 9.89. The third kappa shape index (κ3) is 4.73. The largest absolute Gasteiger partial charge is 0.462 e. The molecule has 1 aliphatic heterocycles. The SMILES string of the molecule is CO[C@@H]1[C@@H](O)[C@@H](O)C(Oc2ccc3cc(NC(=O)c4cccc(N)c4)c(=O)oc3c2C)OC1(C)C. The van der Waals surface area contributed by atoms with E-state index in [0.717, 1.165) is 0 Å². The Kier molecular flexibility index (Phi) is 6.56. The Bertz CT molecular complexity index is 1320. The van der Waals surface area contributed by atoms with Crippen LogP contribution in [-0.4, -0.2) is 53.4 Å². The molecular weight excluding hydrogens is 456 g/mol. The number of nitrogens with one attached hydrogen (secondary N) is 1. The number of hydrogen-bond donors (Lipinski definition) is 4. The van der Waals surface area contributed by atoms with Crippen molar-refractivity contribution in [2.24, 2.45) is 0 Å². The van der Waals surface area contributed by atoms with Gasteiger partial charge in [-0.05, 0) is 57.2 Å². The van der Waals surface area contributed by atoms with E-state index in [1.165, 1.54) is 19.2 Å². The summed E-state index contributed by atoms with van der Waals surface area (Å²) in [4.78, 5) is 25.1. The number of aliphatic hydroxyl groups is 2. The summed E-state index contributed by atoms with van der Waals surface area (Å²) in [6, 6.07) is 11.1. The van der Waals surface area contributed by atoms with Crippen molar-refractivity contribution in [1.29, 1.82) is 0 Å².